The first-order valence-corrected chi connectivity index (χ1v) is 9.74. The number of nitrogens with zero attached hydrogens (tertiary/aromatic N) is 1. The van der Waals surface area contributed by atoms with Gasteiger partial charge in [-0.2, -0.15) is 4.31 Å². The zero-order valence-corrected chi connectivity index (χ0v) is 15.6. The molecule has 134 valence electrons. The van der Waals surface area contributed by atoms with Gasteiger partial charge in [-0.25, -0.2) is 8.42 Å². The van der Waals surface area contributed by atoms with Gasteiger partial charge in [0, 0.05) is 12.2 Å². The van der Waals surface area contributed by atoms with Gasteiger partial charge in [0.05, 0.1) is 4.90 Å². The van der Waals surface area contributed by atoms with Crippen molar-refractivity contribution in [3.8, 4) is 0 Å². The van der Waals surface area contributed by atoms with Gasteiger partial charge < -0.3 is 5.32 Å². The van der Waals surface area contributed by atoms with Crippen molar-refractivity contribution in [2.45, 2.75) is 38.1 Å². The summed E-state index contributed by atoms with van der Waals surface area (Å²) in [6.45, 7) is 5.68. The first-order chi connectivity index (χ1) is 11.9. The van der Waals surface area contributed by atoms with Crippen LogP contribution in [0.2, 0.25) is 0 Å². The van der Waals surface area contributed by atoms with Gasteiger partial charge in [-0.1, -0.05) is 42.8 Å². The summed E-state index contributed by atoms with van der Waals surface area (Å²) < 4.78 is 27.2. The van der Waals surface area contributed by atoms with Crippen molar-refractivity contribution in [1.29, 1.82) is 0 Å². The highest BCUT2D eigenvalue weighted by Crippen LogP contribution is 2.20. The molecule has 0 spiro atoms. The van der Waals surface area contributed by atoms with E-state index < -0.39 is 16.1 Å². The lowest BCUT2D eigenvalue weighted by Crippen LogP contribution is -2.45. The predicted octanol–water partition coefficient (Wildman–Crippen LogP) is 3.42. The molecule has 25 heavy (non-hydrogen) atoms. The number of amides is 1. The third kappa shape index (κ3) is 4.67. The van der Waals surface area contributed by atoms with Crippen molar-refractivity contribution in [2.75, 3.05) is 11.9 Å². The maximum atomic E-state index is 13.0. The van der Waals surface area contributed by atoms with E-state index in [9.17, 15) is 13.2 Å². The minimum atomic E-state index is -3.74. The quantitative estimate of drug-likeness (QED) is 0.823. The van der Waals surface area contributed by atoms with Crippen LogP contribution in [0, 0.1) is 6.92 Å². The topological polar surface area (TPSA) is 66.5 Å². The standard InChI is InChI=1S/C19H24N2O3S/c1-4-14-21(25(23,24)18-12-10-15(2)11-13-18)16(3)19(22)20-17-8-6-5-7-9-17/h5-13,16H,4,14H2,1-3H3,(H,20,22)/t16-/m0/s1. The Morgan fingerprint density at radius 3 is 2.24 bits per heavy atom. The highest BCUT2D eigenvalue weighted by atomic mass is 32.2. The van der Waals surface area contributed by atoms with E-state index in [4.69, 9.17) is 0 Å². The number of hydrogen-bond acceptors (Lipinski definition) is 3. The molecule has 0 aliphatic carbocycles. The Kier molecular flexibility index (Phi) is 6.33. The Morgan fingerprint density at radius 2 is 1.68 bits per heavy atom. The molecule has 6 heteroatoms. The van der Waals surface area contributed by atoms with Crippen LogP contribution in [-0.2, 0) is 14.8 Å². The molecule has 0 heterocycles. The number of carbonyl (C=O) groups is 1. The number of benzene rings is 2. The second-order valence-electron chi connectivity index (χ2n) is 5.96. The van der Waals surface area contributed by atoms with E-state index in [1.54, 1.807) is 43.3 Å². The van der Waals surface area contributed by atoms with Gasteiger partial charge >= 0.3 is 0 Å². The van der Waals surface area contributed by atoms with Crippen molar-refractivity contribution in [3.05, 3.63) is 60.2 Å². The third-order valence-corrected chi connectivity index (χ3v) is 5.91. The average molecular weight is 360 g/mol. The Labute approximate surface area is 149 Å². The molecule has 0 saturated heterocycles. The molecule has 0 saturated carbocycles. The van der Waals surface area contributed by atoms with Crippen LogP contribution in [0.4, 0.5) is 5.69 Å². The molecule has 0 bridgehead atoms. The van der Waals surface area contributed by atoms with Crippen molar-refractivity contribution in [2.24, 2.45) is 0 Å². The highest BCUT2D eigenvalue weighted by molar-refractivity contribution is 7.89. The second kappa shape index (κ2) is 8.27. The Hall–Kier alpha value is -2.18. The highest BCUT2D eigenvalue weighted by Gasteiger charge is 2.32. The summed E-state index contributed by atoms with van der Waals surface area (Å²) in [7, 11) is -3.74. The number of carbonyl (C=O) groups excluding carboxylic acids is 1. The molecule has 0 radical (unpaired) electrons. The molecule has 0 aliphatic rings. The summed E-state index contributed by atoms with van der Waals surface area (Å²) in [5.74, 6) is -0.352. The van der Waals surface area contributed by atoms with Crippen molar-refractivity contribution >= 4 is 21.6 Å². The van der Waals surface area contributed by atoms with Gasteiger partial charge in [-0.3, -0.25) is 4.79 Å². The second-order valence-corrected chi connectivity index (χ2v) is 7.85. The van der Waals surface area contributed by atoms with Crippen LogP contribution >= 0.6 is 0 Å². The lowest BCUT2D eigenvalue weighted by atomic mass is 10.2. The minimum Gasteiger partial charge on any atom is -0.325 e. The number of para-hydroxylation sites is 1. The van der Waals surface area contributed by atoms with Crippen molar-refractivity contribution in [1.82, 2.24) is 4.31 Å². The fourth-order valence-electron chi connectivity index (χ4n) is 2.49. The minimum absolute atomic E-state index is 0.200. The first-order valence-electron chi connectivity index (χ1n) is 8.30. The summed E-state index contributed by atoms with van der Waals surface area (Å²) in [4.78, 5) is 12.7. The van der Waals surface area contributed by atoms with Gasteiger partial charge in [-0.15, -0.1) is 0 Å². The van der Waals surface area contributed by atoms with Crippen molar-refractivity contribution in [3.63, 3.8) is 0 Å². The Morgan fingerprint density at radius 1 is 1.08 bits per heavy atom. The molecule has 5 nitrogen and oxygen atoms in total. The van der Waals surface area contributed by atoms with E-state index in [0.717, 1.165) is 5.56 Å². The maximum Gasteiger partial charge on any atom is 0.243 e. The molecule has 2 aromatic carbocycles. The molecule has 1 atom stereocenters. The molecule has 0 aliphatic heterocycles. The molecular formula is C19H24N2O3S. The molecule has 2 aromatic rings. The Bertz CT molecular complexity index is 802. The largest absolute Gasteiger partial charge is 0.325 e. The molecule has 0 unspecified atom stereocenters. The molecular weight excluding hydrogens is 336 g/mol. The number of nitrogens with one attached hydrogen (secondary N) is 1. The zero-order chi connectivity index (χ0) is 18.4. The van der Waals surface area contributed by atoms with Crippen LogP contribution < -0.4 is 5.32 Å². The first kappa shape index (κ1) is 19.1. The molecule has 2 rings (SSSR count). The average Bonchev–Trinajstić information content (AvgIpc) is 2.60. The van der Waals surface area contributed by atoms with E-state index in [1.807, 2.05) is 32.0 Å². The smallest absolute Gasteiger partial charge is 0.243 e. The van der Waals surface area contributed by atoms with Crippen LogP contribution in [0.3, 0.4) is 0 Å². The Balaban J connectivity index is 2.26. The lowest BCUT2D eigenvalue weighted by molar-refractivity contribution is -0.119. The maximum absolute atomic E-state index is 13.0. The van der Waals surface area contributed by atoms with E-state index in [1.165, 1.54) is 4.31 Å². The lowest BCUT2D eigenvalue weighted by Gasteiger charge is -2.27. The zero-order valence-electron chi connectivity index (χ0n) is 14.8. The predicted molar refractivity (Wildman–Crippen MR) is 99.9 cm³/mol. The number of sulfonamides is 1. The normalized spacial score (nSPS) is 12.8. The van der Waals surface area contributed by atoms with Crippen molar-refractivity contribution < 1.29 is 13.2 Å². The molecule has 1 N–H and O–H groups in total. The van der Waals surface area contributed by atoms with Gasteiger partial charge in [0.15, 0.2) is 0 Å². The number of hydrogen-bond donors (Lipinski definition) is 1. The summed E-state index contributed by atoms with van der Waals surface area (Å²) >= 11 is 0. The summed E-state index contributed by atoms with van der Waals surface area (Å²) in [6.07, 6.45) is 0.619. The van der Waals surface area contributed by atoms with Gasteiger partial charge in [0.25, 0.3) is 0 Å². The summed E-state index contributed by atoms with van der Waals surface area (Å²) in [5.41, 5.74) is 1.62. The van der Waals surface area contributed by atoms with E-state index >= 15 is 0 Å². The number of anilines is 1. The van der Waals surface area contributed by atoms with E-state index in [-0.39, 0.29) is 17.3 Å². The van der Waals surface area contributed by atoms with Crippen LogP contribution in [0.25, 0.3) is 0 Å². The number of rotatable bonds is 7. The fraction of sp³-hybridized carbons (Fsp3) is 0.316. The van der Waals surface area contributed by atoms with Crippen LogP contribution in [0.15, 0.2) is 59.5 Å². The third-order valence-electron chi connectivity index (χ3n) is 3.92. The van der Waals surface area contributed by atoms with E-state index in [0.29, 0.717) is 12.1 Å². The van der Waals surface area contributed by atoms with Crippen LogP contribution in [-0.4, -0.2) is 31.2 Å². The number of aryl methyl sites for hydroxylation is 1. The monoisotopic (exact) mass is 360 g/mol. The fourth-order valence-corrected chi connectivity index (χ4v) is 4.17. The SMILES string of the molecule is CCCN([C@@H](C)C(=O)Nc1ccccc1)S(=O)(=O)c1ccc(C)cc1. The molecule has 0 aromatic heterocycles. The van der Waals surface area contributed by atoms with Gasteiger partial charge in [0.2, 0.25) is 15.9 Å². The molecule has 0 fully saturated rings. The van der Waals surface area contributed by atoms with Gasteiger partial charge in [0.1, 0.15) is 6.04 Å². The van der Waals surface area contributed by atoms with Gasteiger partial charge in [-0.05, 0) is 44.5 Å². The summed E-state index contributed by atoms with van der Waals surface area (Å²) in [6, 6.07) is 14.9. The van der Waals surface area contributed by atoms with E-state index in [2.05, 4.69) is 5.32 Å². The summed E-state index contributed by atoms with van der Waals surface area (Å²) in [5, 5.41) is 2.77. The molecule has 1 amide bonds. The van der Waals surface area contributed by atoms with Crippen LogP contribution in [0.1, 0.15) is 25.8 Å². The van der Waals surface area contributed by atoms with Crippen LogP contribution in [0.5, 0.6) is 0 Å².